The number of urea groups is 1. The third-order valence-electron chi connectivity index (χ3n) is 5.27. The lowest BCUT2D eigenvalue weighted by molar-refractivity contribution is -0.291. The number of nitrogens with one attached hydrogen (secondary N) is 2. The monoisotopic (exact) mass is 452 g/mol. The Hall–Kier alpha value is -1.01. The Kier molecular flexibility index (Phi) is 8.08. The summed E-state index contributed by atoms with van der Waals surface area (Å²) in [6.45, 7) is -0.309. The molecular formula is C16H25N2O9PS. The molecule has 3 fully saturated rings. The minimum Gasteiger partial charge on any atom is -0.433 e. The number of amides is 2. The van der Waals surface area contributed by atoms with Crippen LogP contribution in [-0.2, 0) is 23.4 Å². The molecule has 5 N–H and O–H groups in total. The molecular weight excluding hydrogens is 427 g/mol. The molecule has 3 saturated heterocycles. The van der Waals surface area contributed by atoms with Crippen molar-refractivity contribution in [2.45, 2.75) is 73.7 Å². The molecule has 29 heavy (non-hydrogen) atoms. The molecule has 0 unspecified atom stereocenters. The van der Waals surface area contributed by atoms with Crippen molar-refractivity contribution < 1.29 is 43.5 Å². The van der Waals surface area contributed by atoms with Gasteiger partial charge in [0.1, 0.15) is 24.4 Å². The van der Waals surface area contributed by atoms with Gasteiger partial charge in [-0.25, -0.2) is 9.36 Å². The molecule has 3 rings (SSSR count). The average molecular weight is 452 g/mol. The van der Waals surface area contributed by atoms with Gasteiger partial charge in [-0.2, -0.15) is 11.8 Å². The number of carbonyl (C=O) groups excluding carboxylic acids is 2. The van der Waals surface area contributed by atoms with Gasteiger partial charge >= 0.3 is 20.7 Å². The van der Waals surface area contributed by atoms with Crippen LogP contribution in [-0.4, -0.2) is 87.7 Å². The van der Waals surface area contributed by atoms with Crippen LogP contribution in [0.4, 0.5) is 4.79 Å². The first-order valence-corrected chi connectivity index (χ1v) is 11.2. The van der Waals surface area contributed by atoms with Gasteiger partial charge in [-0.1, -0.05) is 6.42 Å². The van der Waals surface area contributed by atoms with E-state index in [1.54, 1.807) is 11.8 Å². The van der Waals surface area contributed by atoms with Gasteiger partial charge in [0.15, 0.2) is 0 Å². The zero-order valence-corrected chi connectivity index (χ0v) is 17.2. The smallest absolute Gasteiger partial charge is 0.327 e. The van der Waals surface area contributed by atoms with Crippen LogP contribution in [0.1, 0.15) is 25.7 Å². The van der Waals surface area contributed by atoms with E-state index in [4.69, 9.17) is 9.47 Å². The van der Waals surface area contributed by atoms with Gasteiger partial charge < -0.3 is 35.4 Å². The maximum Gasteiger partial charge on any atom is 0.327 e. The number of esters is 1. The fraction of sp³-hybridized carbons (Fsp3) is 0.875. The summed E-state index contributed by atoms with van der Waals surface area (Å²) in [7, 11) is -0.626. The van der Waals surface area contributed by atoms with Gasteiger partial charge in [-0.3, -0.25) is 9.32 Å². The molecule has 11 nitrogen and oxygen atoms in total. The largest absolute Gasteiger partial charge is 0.433 e. The molecule has 3 aliphatic heterocycles. The zero-order chi connectivity index (χ0) is 21.0. The van der Waals surface area contributed by atoms with Crippen LogP contribution < -0.4 is 10.6 Å². The molecule has 3 aliphatic rings. The molecule has 0 saturated carbocycles. The third-order valence-corrected chi connectivity index (χ3v) is 7.03. The highest BCUT2D eigenvalue weighted by Gasteiger charge is 2.46. The third kappa shape index (κ3) is 5.57. The van der Waals surface area contributed by atoms with Crippen LogP contribution >= 0.6 is 20.4 Å². The molecule has 0 spiro atoms. The molecule has 8 atom stereocenters. The van der Waals surface area contributed by atoms with Crippen molar-refractivity contribution in [1.29, 1.82) is 0 Å². The van der Waals surface area contributed by atoms with E-state index in [1.807, 2.05) is 0 Å². The number of fused-ring (bicyclic) bond motifs is 1. The predicted octanol–water partition coefficient (Wildman–Crippen LogP) is -0.714. The van der Waals surface area contributed by atoms with Crippen molar-refractivity contribution in [1.82, 2.24) is 10.6 Å². The number of carbonyl (C=O) groups is 2. The highest BCUT2D eigenvalue weighted by molar-refractivity contribution is 8.00. The zero-order valence-electron chi connectivity index (χ0n) is 15.5. The van der Waals surface area contributed by atoms with Gasteiger partial charge in [-0.15, -0.1) is 0 Å². The van der Waals surface area contributed by atoms with E-state index in [0.29, 0.717) is 11.7 Å². The van der Waals surface area contributed by atoms with Crippen molar-refractivity contribution in [3.8, 4) is 0 Å². The SMILES string of the molecule is O=POC[C@H]1O[C@H](OC(=O)CCCC[C@@H]2SC[C@@H]3NC(=O)N[C@@H]32)[C@@H](O)[C@@H](O)[C@@H]1O. The Morgan fingerprint density at radius 3 is 2.76 bits per heavy atom. The van der Waals surface area contributed by atoms with E-state index in [2.05, 4.69) is 15.2 Å². The number of hydrogen-bond acceptors (Lipinski definition) is 10. The standard InChI is InChI=1S/C16H25N2O9PS/c19-10(4-2-1-3-9-11-7(6-29-9)17-16(23)18-11)27-15-14(22)13(21)12(20)8(26-15)5-25-28-24/h7-9,11-15,20-22H,1-6H2,(H2,17,18,23)/t7-,8+,9-,11-,12+,13-,14-,15+/m0/s1. The first-order chi connectivity index (χ1) is 13.9. The Balaban J connectivity index is 1.38. The fourth-order valence-corrected chi connectivity index (χ4v) is 5.45. The molecule has 0 aliphatic carbocycles. The summed E-state index contributed by atoms with van der Waals surface area (Å²) in [4.78, 5) is 23.5. The summed E-state index contributed by atoms with van der Waals surface area (Å²) < 4.78 is 25.4. The van der Waals surface area contributed by atoms with Crippen molar-refractivity contribution in [3.63, 3.8) is 0 Å². The molecule has 3 heterocycles. The number of aliphatic hydroxyl groups excluding tert-OH is 3. The summed E-state index contributed by atoms with van der Waals surface area (Å²) in [6, 6.07) is 0.142. The van der Waals surface area contributed by atoms with Crippen LogP contribution in [0.5, 0.6) is 0 Å². The van der Waals surface area contributed by atoms with Crippen LogP contribution in [0, 0.1) is 0 Å². The topological polar surface area (TPSA) is 164 Å². The summed E-state index contributed by atoms with van der Waals surface area (Å²) in [5, 5.41) is 35.8. The van der Waals surface area contributed by atoms with Crippen LogP contribution in [0.2, 0.25) is 0 Å². The van der Waals surface area contributed by atoms with Crippen molar-refractivity contribution >= 4 is 32.4 Å². The Morgan fingerprint density at radius 2 is 2.00 bits per heavy atom. The summed E-state index contributed by atoms with van der Waals surface area (Å²) >= 11 is 1.80. The Bertz CT molecular complexity index is 615. The van der Waals surface area contributed by atoms with E-state index >= 15 is 0 Å². The first kappa shape index (κ1) is 22.7. The van der Waals surface area contributed by atoms with Crippen molar-refractivity contribution in [2.24, 2.45) is 0 Å². The molecule has 0 aromatic rings. The number of ether oxygens (including phenoxy) is 2. The summed E-state index contributed by atoms with van der Waals surface area (Å²) in [6.07, 6.45) is -4.96. The number of unbranched alkanes of at least 4 members (excludes halogenated alkanes) is 1. The highest BCUT2D eigenvalue weighted by atomic mass is 32.2. The van der Waals surface area contributed by atoms with Crippen LogP contribution in [0.15, 0.2) is 0 Å². The van der Waals surface area contributed by atoms with Crippen molar-refractivity contribution in [2.75, 3.05) is 12.4 Å². The first-order valence-electron chi connectivity index (χ1n) is 9.43. The van der Waals surface area contributed by atoms with E-state index < -0.39 is 45.4 Å². The number of hydrogen-bond donors (Lipinski definition) is 5. The van der Waals surface area contributed by atoms with Gasteiger partial charge in [0.05, 0.1) is 18.7 Å². The average Bonchev–Trinajstić information content (AvgIpc) is 3.24. The van der Waals surface area contributed by atoms with Crippen LogP contribution in [0.25, 0.3) is 0 Å². The van der Waals surface area contributed by atoms with E-state index in [-0.39, 0.29) is 31.1 Å². The molecule has 0 radical (unpaired) electrons. The van der Waals surface area contributed by atoms with Gasteiger partial charge in [0, 0.05) is 17.4 Å². The Morgan fingerprint density at radius 1 is 1.21 bits per heavy atom. The lowest BCUT2D eigenvalue weighted by Crippen LogP contribution is -2.59. The lowest BCUT2D eigenvalue weighted by Gasteiger charge is -2.39. The second kappa shape index (κ2) is 10.3. The second-order valence-electron chi connectivity index (χ2n) is 7.24. The fourth-order valence-electron chi connectivity index (χ4n) is 3.70. The molecule has 0 aromatic heterocycles. The maximum atomic E-state index is 12.1. The minimum atomic E-state index is -1.61. The molecule has 0 bridgehead atoms. The van der Waals surface area contributed by atoms with E-state index in [1.165, 1.54) is 0 Å². The molecule has 164 valence electrons. The summed E-state index contributed by atoms with van der Waals surface area (Å²) in [5.74, 6) is 0.268. The van der Waals surface area contributed by atoms with Gasteiger partial charge in [-0.05, 0) is 12.8 Å². The highest BCUT2D eigenvalue weighted by Crippen LogP contribution is 2.33. The number of rotatable bonds is 9. The van der Waals surface area contributed by atoms with Crippen LogP contribution in [0.3, 0.4) is 0 Å². The van der Waals surface area contributed by atoms with Gasteiger partial charge in [0.25, 0.3) is 0 Å². The van der Waals surface area contributed by atoms with Gasteiger partial charge in [0.2, 0.25) is 6.29 Å². The number of aliphatic hydroxyl groups is 3. The Labute approximate surface area is 173 Å². The van der Waals surface area contributed by atoms with E-state index in [0.717, 1.165) is 18.6 Å². The lowest BCUT2D eigenvalue weighted by atomic mass is 9.99. The molecule has 13 heteroatoms. The van der Waals surface area contributed by atoms with E-state index in [9.17, 15) is 29.5 Å². The minimum absolute atomic E-state index is 0.0989. The summed E-state index contributed by atoms with van der Waals surface area (Å²) in [5.41, 5.74) is 0. The number of thioether (sulfide) groups is 1. The predicted molar refractivity (Wildman–Crippen MR) is 100 cm³/mol. The molecule has 0 aromatic carbocycles. The quantitative estimate of drug-likeness (QED) is 0.131. The maximum absolute atomic E-state index is 12.1. The molecule has 2 amide bonds. The normalized spacial score (nSPS) is 39.1. The second-order valence-corrected chi connectivity index (χ2v) is 8.92. The van der Waals surface area contributed by atoms with Crippen molar-refractivity contribution in [3.05, 3.63) is 0 Å².